The van der Waals surface area contributed by atoms with Gasteiger partial charge in [0.25, 0.3) is 5.91 Å². The van der Waals surface area contributed by atoms with Crippen molar-refractivity contribution in [2.45, 2.75) is 44.6 Å². The first-order valence-corrected chi connectivity index (χ1v) is 7.89. The highest BCUT2D eigenvalue weighted by Crippen LogP contribution is 2.21. The smallest absolute Gasteiger partial charge is 0.292 e. The van der Waals surface area contributed by atoms with E-state index in [0.717, 1.165) is 5.69 Å². The number of furan rings is 1. The highest BCUT2D eigenvalue weighted by Gasteiger charge is 2.12. The first-order chi connectivity index (χ1) is 10.8. The average Bonchev–Trinajstić information content (AvgIpc) is 2.95. The third kappa shape index (κ3) is 3.87. The lowest BCUT2D eigenvalue weighted by Gasteiger charge is -2.17. The van der Waals surface area contributed by atoms with Gasteiger partial charge in [0.15, 0.2) is 5.76 Å². The molecule has 0 bridgehead atoms. The molecular weight excluding hydrogens is 278 g/mol. The van der Waals surface area contributed by atoms with Crippen molar-refractivity contribution in [1.82, 2.24) is 4.98 Å². The molecule has 2 heterocycles. The first kappa shape index (κ1) is 14.6. The Bertz CT molecular complexity index is 585. The Kier molecular flexibility index (Phi) is 4.73. The summed E-state index contributed by atoms with van der Waals surface area (Å²) in [6.07, 6.45) is 11.0. The molecule has 2 aromatic heterocycles. The fraction of sp³-hybridized carbons (Fsp3) is 0.412. The van der Waals surface area contributed by atoms with Crippen molar-refractivity contribution in [1.29, 1.82) is 0 Å². The summed E-state index contributed by atoms with van der Waals surface area (Å²) >= 11 is 0. The monoisotopic (exact) mass is 299 g/mol. The van der Waals surface area contributed by atoms with Crippen LogP contribution in [0, 0.1) is 0 Å². The number of carbonyl (C=O) groups excluding carboxylic acids is 1. The Morgan fingerprint density at radius 3 is 2.59 bits per heavy atom. The molecule has 0 saturated heterocycles. The maximum atomic E-state index is 11.9. The van der Waals surface area contributed by atoms with Crippen molar-refractivity contribution in [2.24, 2.45) is 0 Å². The predicted octanol–water partition coefficient (Wildman–Crippen LogP) is 4.06. The van der Waals surface area contributed by atoms with E-state index in [0.29, 0.717) is 11.9 Å². The number of hydrogen-bond acceptors (Lipinski definition) is 4. The molecule has 0 unspecified atom stereocenters. The van der Waals surface area contributed by atoms with Gasteiger partial charge in [0.05, 0.1) is 18.1 Å². The molecule has 0 radical (unpaired) electrons. The fourth-order valence-electron chi connectivity index (χ4n) is 2.80. The summed E-state index contributed by atoms with van der Waals surface area (Å²) in [5.74, 6) is 0.511. The number of carbonyl (C=O) groups is 1. The summed E-state index contributed by atoms with van der Waals surface area (Å²) in [5, 5.41) is 6.25. The van der Waals surface area contributed by atoms with Crippen molar-refractivity contribution < 1.29 is 9.21 Å². The van der Waals surface area contributed by atoms with E-state index in [4.69, 9.17) is 4.42 Å². The second kappa shape index (κ2) is 7.11. The normalized spacial score (nSPS) is 16.0. The van der Waals surface area contributed by atoms with Gasteiger partial charge in [-0.3, -0.25) is 4.79 Å². The first-order valence-electron chi connectivity index (χ1n) is 7.89. The van der Waals surface area contributed by atoms with Gasteiger partial charge in [-0.15, -0.1) is 0 Å². The van der Waals surface area contributed by atoms with E-state index in [9.17, 15) is 4.79 Å². The Morgan fingerprint density at radius 1 is 1.14 bits per heavy atom. The van der Waals surface area contributed by atoms with E-state index in [1.165, 1.54) is 44.8 Å². The molecule has 0 aromatic carbocycles. The quantitative estimate of drug-likeness (QED) is 0.835. The third-order valence-corrected chi connectivity index (χ3v) is 3.98. The van der Waals surface area contributed by atoms with Gasteiger partial charge < -0.3 is 15.1 Å². The SMILES string of the molecule is O=C(Nc1ccc(NC2CCCCCC2)cn1)c1ccco1. The summed E-state index contributed by atoms with van der Waals surface area (Å²) in [4.78, 5) is 16.1. The van der Waals surface area contributed by atoms with Crippen LogP contribution in [-0.2, 0) is 0 Å². The van der Waals surface area contributed by atoms with Crippen molar-refractivity contribution in [2.75, 3.05) is 10.6 Å². The van der Waals surface area contributed by atoms with Gasteiger partial charge in [0, 0.05) is 6.04 Å². The van der Waals surface area contributed by atoms with Crippen LogP contribution < -0.4 is 10.6 Å². The van der Waals surface area contributed by atoms with Gasteiger partial charge in [-0.2, -0.15) is 0 Å². The molecule has 0 spiro atoms. The Morgan fingerprint density at radius 2 is 1.95 bits per heavy atom. The minimum Gasteiger partial charge on any atom is -0.459 e. The van der Waals surface area contributed by atoms with Crippen molar-refractivity contribution in [3.05, 3.63) is 42.5 Å². The van der Waals surface area contributed by atoms with E-state index >= 15 is 0 Å². The van der Waals surface area contributed by atoms with E-state index < -0.39 is 0 Å². The lowest BCUT2D eigenvalue weighted by molar-refractivity contribution is 0.0996. The van der Waals surface area contributed by atoms with Crippen molar-refractivity contribution >= 4 is 17.4 Å². The second-order valence-electron chi connectivity index (χ2n) is 5.70. The van der Waals surface area contributed by atoms with Crippen LogP contribution in [0.3, 0.4) is 0 Å². The number of anilines is 2. The molecule has 0 atom stereocenters. The summed E-state index contributed by atoms with van der Waals surface area (Å²) in [6, 6.07) is 7.60. The summed E-state index contributed by atoms with van der Waals surface area (Å²) in [7, 11) is 0. The minimum absolute atomic E-state index is 0.280. The van der Waals surface area contributed by atoms with Crippen LogP contribution >= 0.6 is 0 Å². The molecule has 5 heteroatoms. The molecule has 1 fully saturated rings. The summed E-state index contributed by atoms with van der Waals surface area (Å²) in [6.45, 7) is 0. The molecule has 1 aliphatic carbocycles. The maximum absolute atomic E-state index is 11.9. The lowest BCUT2D eigenvalue weighted by Crippen LogP contribution is -2.18. The Hall–Kier alpha value is -2.30. The van der Waals surface area contributed by atoms with Crippen LogP contribution in [0.4, 0.5) is 11.5 Å². The van der Waals surface area contributed by atoms with Crippen LogP contribution in [0.2, 0.25) is 0 Å². The van der Waals surface area contributed by atoms with E-state index in [1.807, 2.05) is 6.07 Å². The highest BCUT2D eigenvalue weighted by molar-refractivity contribution is 6.01. The number of rotatable bonds is 4. The van der Waals surface area contributed by atoms with E-state index in [-0.39, 0.29) is 11.7 Å². The van der Waals surface area contributed by atoms with Gasteiger partial charge in [-0.05, 0) is 37.1 Å². The zero-order valence-corrected chi connectivity index (χ0v) is 12.5. The zero-order chi connectivity index (χ0) is 15.2. The maximum Gasteiger partial charge on any atom is 0.292 e. The standard InChI is InChI=1S/C17H21N3O2/c21-17(15-8-5-11-22-15)20-16-10-9-14(12-18-16)19-13-6-3-1-2-4-7-13/h5,8-13,19H,1-4,6-7H2,(H,18,20,21). The molecule has 116 valence electrons. The number of hydrogen-bond donors (Lipinski definition) is 2. The lowest BCUT2D eigenvalue weighted by atomic mass is 10.1. The molecule has 0 aliphatic heterocycles. The number of amides is 1. The molecule has 3 rings (SSSR count). The Balaban J connectivity index is 1.56. The van der Waals surface area contributed by atoms with Crippen LogP contribution in [0.5, 0.6) is 0 Å². The van der Waals surface area contributed by atoms with Crippen molar-refractivity contribution in [3.63, 3.8) is 0 Å². The Labute approximate surface area is 130 Å². The predicted molar refractivity (Wildman–Crippen MR) is 86.0 cm³/mol. The van der Waals surface area contributed by atoms with Gasteiger partial charge in [0.1, 0.15) is 5.82 Å². The molecule has 1 amide bonds. The number of pyridine rings is 1. The third-order valence-electron chi connectivity index (χ3n) is 3.98. The average molecular weight is 299 g/mol. The molecule has 5 nitrogen and oxygen atoms in total. The van der Waals surface area contributed by atoms with Crippen LogP contribution in [0.15, 0.2) is 41.1 Å². The van der Waals surface area contributed by atoms with Crippen LogP contribution in [0.1, 0.15) is 49.1 Å². The molecule has 1 saturated carbocycles. The number of nitrogens with zero attached hydrogens (tertiary/aromatic N) is 1. The van der Waals surface area contributed by atoms with Crippen LogP contribution in [-0.4, -0.2) is 16.9 Å². The molecule has 2 N–H and O–H groups in total. The molecule has 2 aromatic rings. The summed E-state index contributed by atoms with van der Waals surface area (Å²) < 4.78 is 5.05. The topological polar surface area (TPSA) is 67.2 Å². The molecule has 22 heavy (non-hydrogen) atoms. The van der Waals surface area contributed by atoms with Crippen molar-refractivity contribution in [3.8, 4) is 0 Å². The van der Waals surface area contributed by atoms with Crippen LogP contribution in [0.25, 0.3) is 0 Å². The second-order valence-corrected chi connectivity index (χ2v) is 5.70. The molecular formula is C17H21N3O2. The fourth-order valence-corrected chi connectivity index (χ4v) is 2.80. The minimum atomic E-state index is -0.290. The number of aromatic nitrogens is 1. The van der Waals surface area contributed by atoms with E-state index in [1.54, 1.807) is 24.4 Å². The summed E-state index contributed by atoms with van der Waals surface area (Å²) in [5.41, 5.74) is 1.00. The number of nitrogens with one attached hydrogen (secondary N) is 2. The van der Waals surface area contributed by atoms with Gasteiger partial charge in [0.2, 0.25) is 0 Å². The van der Waals surface area contributed by atoms with Gasteiger partial charge in [-0.25, -0.2) is 4.98 Å². The van der Waals surface area contributed by atoms with Gasteiger partial charge in [-0.1, -0.05) is 25.7 Å². The zero-order valence-electron chi connectivity index (χ0n) is 12.5. The van der Waals surface area contributed by atoms with E-state index in [2.05, 4.69) is 15.6 Å². The van der Waals surface area contributed by atoms with Gasteiger partial charge >= 0.3 is 0 Å². The largest absolute Gasteiger partial charge is 0.459 e. The highest BCUT2D eigenvalue weighted by atomic mass is 16.3. The molecule has 1 aliphatic rings.